The molecular formula is C10H13NOS. The molecule has 0 aromatic rings. The molecule has 0 aromatic carbocycles. The molecule has 70 valence electrons. The quantitative estimate of drug-likeness (QED) is 0.699. The van der Waals surface area contributed by atoms with Crippen molar-refractivity contribution in [1.29, 1.82) is 5.41 Å². The highest BCUT2D eigenvalue weighted by molar-refractivity contribution is 8.18. The van der Waals surface area contributed by atoms with Gasteiger partial charge < -0.3 is 0 Å². The van der Waals surface area contributed by atoms with Crippen molar-refractivity contribution in [2.45, 2.75) is 32.1 Å². The van der Waals surface area contributed by atoms with Crippen molar-refractivity contribution in [3.63, 3.8) is 0 Å². The van der Waals surface area contributed by atoms with E-state index in [1.54, 1.807) is 0 Å². The summed E-state index contributed by atoms with van der Waals surface area (Å²) in [5.74, 6) is 0.500. The molecule has 1 N–H and O–H groups in total. The molecule has 1 aliphatic heterocycles. The minimum Gasteiger partial charge on any atom is -0.296 e. The SMILES string of the molecule is N=C1C(=O)SC=C1C1CCCCC1. The van der Waals surface area contributed by atoms with Crippen LogP contribution < -0.4 is 0 Å². The Bertz CT molecular complexity index is 277. The molecule has 2 aliphatic rings. The molecule has 0 radical (unpaired) electrons. The van der Waals surface area contributed by atoms with E-state index in [0.29, 0.717) is 5.92 Å². The fourth-order valence-corrected chi connectivity index (χ4v) is 2.85. The number of hydrogen-bond donors (Lipinski definition) is 1. The number of carbonyl (C=O) groups excluding carboxylic acids is 1. The van der Waals surface area contributed by atoms with Gasteiger partial charge in [-0.05, 0) is 29.7 Å². The van der Waals surface area contributed by atoms with Crippen LogP contribution in [0.4, 0.5) is 0 Å². The highest BCUT2D eigenvalue weighted by Gasteiger charge is 2.28. The fraction of sp³-hybridized carbons (Fsp3) is 0.600. The third kappa shape index (κ3) is 1.70. The highest BCUT2D eigenvalue weighted by Crippen LogP contribution is 2.35. The number of carbonyl (C=O) groups is 1. The van der Waals surface area contributed by atoms with E-state index in [2.05, 4.69) is 0 Å². The number of rotatable bonds is 1. The summed E-state index contributed by atoms with van der Waals surface area (Å²) in [6, 6.07) is 0. The zero-order valence-corrected chi connectivity index (χ0v) is 8.32. The smallest absolute Gasteiger partial charge is 0.241 e. The van der Waals surface area contributed by atoms with Gasteiger partial charge in [0.15, 0.2) is 0 Å². The molecule has 0 bridgehead atoms. The van der Waals surface area contributed by atoms with E-state index in [-0.39, 0.29) is 10.8 Å². The van der Waals surface area contributed by atoms with Crippen LogP contribution in [0.3, 0.4) is 0 Å². The van der Waals surface area contributed by atoms with Crippen LogP contribution >= 0.6 is 11.8 Å². The van der Waals surface area contributed by atoms with Gasteiger partial charge in [-0.25, -0.2) is 0 Å². The Morgan fingerprint density at radius 1 is 1.31 bits per heavy atom. The minimum atomic E-state index is -0.0689. The maximum absolute atomic E-state index is 11.1. The zero-order chi connectivity index (χ0) is 9.26. The summed E-state index contributed by atoms with van der Waals surface area (Å²) in [6.45, 7) is 0. The van der Waals surface area contributed by atoms with E-state index in [1.165, 1.54) is 43.9 Å². The summed E-state index contributed by atoms with van der Waals surface area (Å²) >= 11 is 1.18. The van der Waals surface area contributed by atoms with Crippen LogP contribution in [0.2, 0.25) is 0 Å². The van der Waals surface area contributed by atoms with Crippen molar-refractivity contribution in [2.24, 2.45) is 5.92 Å². The van der Waals surface area contributed by atoms with Gasteiger partial charge in [0.2, 0.25) is 5.12 Å². The molecule has 0 saturated heterocycles. The highest BCUT2D eigenvalue weighted by atomic mass is 32.2. The van der Waals surface area contributed by atoms with Crippen LogP contribution in [0.1, 0.15) is 32.1 Å². The predicted octanol–water partition coefficient (Wildman–Crippen LogP) is 2.74. The maximum atomic E-state index is 11.1. The predicted molar refractivity (Wildman–Crippen MR) is 55.0 cm³/mol. The monoisotopic (exact) mass is 195 g/mol. The van der Waals surface area contributed by atoms with Crippen LogP contribution in [0.15, 0.2) is 11.0 Å². The topological polar surface area (TPSA) is 40.9 Å². The molecule has 2 nitrogen and oxygen atoms in total. The molecule has 1 aliphatic carbocycles. The first-order chi connectivity index (χ1) is 6.29. The Labute approximate surface area is 82.3 Å². The van der Waals surface area contributed by atoms with Crippen molar-refractivity contribution >= 4 is 22.6 Å². The molecule has 0 amide bonds. The van der Waals surface area contributed by atoms with Crippen molar-refractivity contribution in [1.82, 2.24) is 0 Å². The van der Waals surface area contributed by atoms with Crippen LogP contribution in [0.5, 0.6) is 0 Å². The average molecular weight is 195 g/mol. The lowest BCUT2D eigenvalue weighted by Crippen LogP contribution is -2.16. The van der Waals surface area contributed by atoms with Crippen LogP contribution in [-0.4, -0.2) is 10.8 Å². The summed E-state index contributed by atoms with van der Waals surface area (Å²) in [4.78, 5) is 11.1. The van der Waals surface area contributed by atoms with Gasteiger partial charge in [0, 0.05) is 0 Å². The molecular weight excluding hydrogens is 182 g/mol. The summed E-state index contributed by atoms with van der Waals surface area (Å²) < 4.78 is 0. The van der Waals surface area contributed by atoms with Crippen LogP contribution in [-0.2, 0) is 4.79 Å². The van der Waals surface area contributed by atoms with Crippen molar-refractivity contribution in [2.75, 3.05) is 0 Å². The van der Waals surface area contributed by atoms with E-state index < -0.39 is 0 Å². The van der Waals surface area contributed by atoms with E-state index in [9.17, 15) is 4.79 Å². The van der Waals surface area contributed by atoms with Gasteiger partial charge in [0.1, 0.15) is 5.71 Å². The molecule has 1 saturated carbocycles. The standard InChI is InChI=1S/C10H13NOS/c11-9-8(6-13-10(9)12)7-4-2-1-3-5-7/h6-7,11H,1-5H2. The van der Waals surface area contributed by atoms with E-state index >= 15 is 0 Å². The summed E-state index contributed by atoms with van der Waals surface area (Å²) in [5, 5.41) is 9.43. The minimum absolute atomic E-state index is 0.0689. The van der Waals surface area contributed by atoms with Gasteiger partial charge in [0.05, 0.1) is 0 Å². The second kappa shape index (κ2) is 3.66. The van der Waals surface area contributed by atoms with Crippen molar-refractivity contribution in [3.8, 4) is 0 Å². The molecule has 1 fully saturated rings. The van der Waals surface area contributed by atoms with Gasteiger partial charge in [-0.1, -0.05) is 31.0 Å². The zero-order valence-electron chi connectivity index (χ0n) is 7.51. The van der Waals surface area contributed by atoms with Gasteiger partial charge in [-0.2, -0.15) is 0 Å². The molecule has 0 aromatic heterocycles. The van der Waals surface area contributed by atoms with Crippen molar-refractivity contribution < 1.29 is 4.79 Å². The molecule has 0 spiro atoms. The summed E-state index contributed by atoms with van der Waals surface area (Å²) in [7, 11) is 0. The van der Waals surface area contributed by atoms with Crippen molar-refractivity contribution in [3.05, 3.63) is 11.0 Å². The third-order valence-electron chi connectivity index (χ3n) is 2.83. The molecule has 2 rings (SSSR count). The lowest BCUT2D eigenvalue weighted by Gasteiger charge is -2.22. The summed E-state index contributed by atoms with van der Waals surface area (Å²) in [5.41, 5.74) is 1.27. The number of nitrogens with one attached hydrogen (secondary N) is 1. The van der Waals surface area contributed by atoms with Gasteiger partial charge >= 0.3 is 0 Å². The lowest BCUT2D eigenvalue weighted by atomic mass is 9.83. The fourth-order valence-electron chi connectivity index (χ4n) is 2.07. The normalized spacial score (nSPS) is 25.1. The Morgan fingerprint density at radius 2 is 2.00 bits per heavy atom. The molecule has 1 heterocycles. The molecule has 3 heteroatoms. The largest absolute Gasteiger partial charge is 0.296 e. The maximum Gasteiger partial charge on any atom is 0.241 e. The van der Waals surface area contributed by atoms with Crippen LogP contribution in [0, 0.1) is 11.3 Å². The third-order valence-corrected chi connectivity index (χ3v) is 3.62. The molecule has 0 unspecified atom stereocenters. The summed E-state index contributed by atoms with van der Waals surface area (Å²) in [6.07, 6.45) is 6.17. The second-order valence-corrected chi connectivity index (χ2v) is 4.53. The first-order valence-electron chi connectivity index (χ1n) is 4.79. The first kappa shape index (κ1) is 9.00. The van der Waals surface area contributed by atoms with E-state index in [4.69, 9.17) is 5.41 Å². The Morgan fingerprint density at radius 3 is 2.54 bits per heavy atom. The average Bonchev–Trinajstić information content (AvgIpc) is 2.49. The van der Waals surface area contributed by atoms with Gasteiger partial charge in [-0.15, -0.1) is 0 Å². The Kier molecular flexibility index (Phi) is 2.54. The van der Waals surface area contributed by atoms with Crippen LogP contribution in [0.25, 0.3) is 0 Å². The molecule has 0 atom stereocenters. The first-order valence-corrected chi connectivity index (χ1v) is 5.67. The lowest BCUT2D eigenvalue weighted by molar-refractivity contribution is -0.105. The number of allylic oxidation sites excluding steroid dienone is 1. The second-order valence-electron chi connectivity index (χ2n) is 3.69. The Hall–Kier alpha value is -0.570. The van der Waals surface area contributed by atoms with E-state index in [0.717, 1.165) is 5.57 Å². The number of thioether (sulfide) groups is 1. The molecule has 13 heavy (non-hydrogen) atoms. The Balaban J connectivity index is 2.08. The number of hydrogen-bond acceptors (Lipinski definition) is 3. The van der Waals surface area contributed by atoms with Gasteiger partial charge in [-0.3, -0.25) is 10.2 Å². The van der Waals surface area contributed by atoms with E-state index in [1.807, 2.05) is 5.41 Å². The van der Waals surface area contributed by atoms with Gasteiger partial charge in [0.25, 0.3) is 0 Å².